The van der Waals surface area contributed by atoms with Crippen LogP contribution in [0.25, 0.3) is 0 Å². The maximum Gasteiger partial charge on any atom is 0.210 e. The highest BCUT2D eigenvalue weighted by Crippen LogP contribution is 2.39. The van der Waals surface area contributed by atoms with Gasteiger partial charge in [-0.2, -0.15) is 4.72 Å². The van der Waals surface area contributed by atoms with E-state index < -0.39 is 10.0 Å². The van der Waals surface area contributed by atoms with E-state index in [0.29, 0.717) is 6.61 Å². The second-order valence-electron chi connectivity index (χ2n) is 4.57. The molecule has 0 aliphatic carbocycles. The number of nitrogens with one attached hydrogen (secondary N) is 1. The van der Waals surface area contributed by atoms with Crippen LogP contribution < -0.4 is 4.72 Å². The lowest BCUT2D eigenvalue weighted by molar-refractivity contribution is 0.00845. The molecule has 1 unspecified atom stereocenters. The van der Waals surface area contributed by atoms with Gasteiger partial charge in [0.2, 0.25) is 10.0 Å². The van der Waals surface area contributed by atoms with Crippen molar-refractivity contribution in [1.29, 1.82) is 0 Å². The van der Waals surface area contributed by atoms with Crippen LogP contribution in [-0.2, 0) is 14.8 Å². The summed E-state index contributed by atoms with van der Waals surface area (Å²) in [5.41, 5.74) is 0.205. The lowest BCUT2D eigenvalue weighted by Gasteiger charge is -2.45. The van der Waals surface area contributed by atoms with Crippen molar-refractivity contribution in [3.05, 3.63) is 0 Å². The summed E-state index contributed by atoms with van der Waals surface area (Å²) < 4.78 is 29.8. The van der Waals surface area contributed by atoms with Gasteiger partial charge < -0.3 is 9.64 Å². The number of rotatable bonds is 2. The van der Waals surface area contributed by atoms with Gasteiger partial charge in [-0.1, -0.05) is 0 Å². The Hall–Kier alpha value is -0.170. The Bertz CT molecular complexity index is 321. The highest BCUT2D eigenvalue weighted by Gasteiger charge is 2.48. The molecular formula is C8H16N2O3S. The molecule has 2 fully saturated rings. The number of ether oxygens (including phenoxy) is 1. The number of sulfonamides is 1. The number of hydrogen-bond acceptors (Lipinski definition) is 4. The molecule has 0 amide bonds. The fraction of sp³-hybridized carbons (Fsp3) is 1.00. The van der Waals surface area contributed by atoms with E-state index in [4.69, 9.17) is 4.74 Å². The molecule has 2 heterocycles. The molecule has 0 bridgehead atoms. The summed E-state index contributed by atoms with van der Waals surface area (Å²) in [5.74, 6) is 0. The van der Waals surface area contributed by atoms with Gasteiger partial charge in [0.05, 0.1) is 12.9 Å². The average Bonchev–Trinajstić information content (AvgIpc) is 2.27. The lowest BCUT2D eigenvalue weighted by Crippen LogP contribution is -2.55. The molecule has 0 aromatic carbocycles. The zero-order valence-electron chi connectivity index (χ0n) is 8.49. The fourth-order valence-corrected chi connectivity index (χ4v) is 3.05. The number of likely N-dealkylation sites (tertiary alicyclic amines) is 1. The van der Waals surface area contributed by atoms with E-state index in [1.165, 1.54) is 0 Å². The van der Waals surface area contributed by atoms with E-state index in [-0.39, 0.29) is 11.6 Å². The summed E-state index contributed by atoms with van der Waals surface area (Å²) in [7, 11) is -1.09. The molecular weight excluding hydrogens is 204 g/mol. The van der Waals surface area contributed by atoms with Gasteiger partial charge >= 0.3 is 0 Å². The monoisotopic (exact) mass is 220 g/mol. The standard InChI is InChI=1S/C8H16N2O3S/c1-10-4-8(5-10)3-7(13-6-8)9-14(2,11)12/h7,9H,3-6H2,1-2H3. The Balaban J connectivity index is 1.90. The van der Waals surface area contributed by atoms with E-state index in [9.17, 15) is 8.42 Å². The predicted molar refractivity (Wildman–Crippen MR) is 52.3 cm³/mol. The summed E-state index contributed by atoms with van der Waals surface area (Å²) in [5, 5.41) is 0. The highest BCUT2D eigenvalue weighted by atomic mass is 32.2. The van der Waals surface area contributed by atoms with Crippen LogP contribution >= 0.6 is 0 Å². The minimum atomic E-state index is -3.14. The Morgan fingerprint density at radius 3 is 2.64 bits per heavy atom. The Morgan fingerprint density at radius 2 is 2.14 bits per heavy atom. The van der Waals surface area contributed by atoms with Gasteiger partial charge in [0.1, 0.15) is 6.23 Å². The Kier molecular flexibility index (Phi) is 2.34. The molecule has 2 rings (SSSR count). The molecule has 6 heteroatoms. The molecule has 14 heavy (non-hydrogen) atoms. The average molecular weight is 220 g/mol. The first-order valence-corrected chi connectivity index (χ1v) is 6.55. The Morgan fingerprint density at radius 1 is 1.50 bits per heavy atom. The molecule has 2 aliphatic heterocycles. The van der Waals surface area contributed by atoms with Gasteiger partial charge in [0.15, 0.2) is 0 Å². The van der Waals surface area contributed by atoms with E-state index >= 15 is 0 Å². The maximum atomic E-state index is 11.0. The van der Waals surface area contributed by atoms with Crippen LogP contribution in [0.2, 0.25) is 0 Å². The first kappa shape index (κ1) is 10.4. The summed E-state index contributed by atoms with van der Waals surface area (Å²) in [6.07, 6.45) is 1.64. The van der Waals surface area contributed by atoms with Crippen molar-refractivity contribution in [1.82, 2.24) is 9.62 Å². The molecule has 0 radical (unpaired) electrons. The predicted octanol–water partition coefficient (Wildman–Crippen LogP) is -0.786. The van der Waals surface area contributed by atoms with Crippen molar-refractivity contribution in [3.8, 4) is 0 Å². The molecule has 2 saturated heterocycles. The third kappa shape index (κ3) is 2.08. The van der Waals surface area contributed by atoms with Crippen LogP contribution in [0.4, 0.5) is 0 Å². The van der Waals surface area contributed by atoms with Crippen LogP contribution in [0.15, 0.2) is 0 Å². The van der Waals surface area contributed by atoms with Gasteiger partial charge in [-0.15, -0.1) is 0 Å². The van der Waals surface area contributed by atoms with Crippen LogP contribution in [0.1, 0.15) is 6.42 Å². The van der Waals surface area contributed by atoms with Gasteiger partial charge in [-0.25, -0.2) is 8.42 Å². The van der Waals surface area contributed by atoms with Crippen LogP contribution in [0.5, 0.6) is 0 Å². The van der Waals surface area contributed by atoms with Crippen molar-refractivity contribution in [2.45, 2.75) is 12.6 Å². The fourth-order valence-electron chi connectivity index (χ4n) is 2.42. The molecule has 2 aliphatic rings. The van der Waals surface area contributed by atoms with E-state index in [0.717, 1.165) is 25.8 Å². The van der Waals surface area contributed by atoms with Gasteiger partial charge in [-0.05, 0) is 13.5 Å². The molecule has 82 valence electrons. The van der Waals surface area contributed by atoms with Crippen molar-refractivity contribution in [2.75, 3.05) is 33.0 Å². The summed E-state index contributed by atoms with van der Waals surface area (Å²) in [6.45, 7) is 2.69. The van der Waals surface area contributed by atoms with Gasteiger partial charge in [0, 0.05) is 18.5 Å². The van der Waals surface area contributed by atoms with Gasteiger partial charge in [-0.3, -0.25) is 0 Å². The second kappa shape index (κ2) is 3.16. The molecule has 1 atom stereocenters. The topological polar surface area (TPSA) is 58.6 Å². The first-order chi connectivity index (χ1) is 6.39. The minimum Gasteiger partial charge on any atom is -0.362 e. The smallest absolute Gasteiger partial charge is 0.210 e. The molecule has 1 N–H and O–H groups in total. The molecule has 0 aromatic heterocycles. The van der Waals surface area contributed by atoms with Crippen LogP contribution in [-0.4, -0.2) is 52.5 Å². The third-order valence-corrected chi connectivity index (χ3v) is 3.46. The molecule has 0 saturated carbocycles. The van der Waals surface area contributed by atoms with Gasteiger partial charge in [0.25, 0.3) is 0 Å². The lowest BCUT2D eigenvalue weighted by atomic mass is 9.79. The quantitative estimate of drug-likeness (QED) is 0.663. The second-order valence-corrected chi connectivity index (χ2v) is 6.35. The highest BCUT2D eigenvalue weighted by molar-refractivity contribution is 7.88. The summed E-state index contributed by atoms with van der Waals surface area (Å²) in [4.78, 5) is 2.21. The minimum absolute atomic E-state index is 0.205. The number of nitrogens with zero attached hydrogens (tertiary/aromatic N) is 1. The normalized spacial score (nSPS) is 32.0. The zero-order valence-corrected chi connectivity index (χ0v) is 9.30. The third-order valence-electron chi connectivity index (χ3n) is 2.77. The molecule has 0 aromatic rings. The van der Waals surface area contributed by atoms with E-state index in [1.54, 1.807) is 0 Å². The first-order valence-electron chi connectivity index (χ1n) is 4.66. The van der Waals surface area contributed by atoms with E-state index in [1.807, 2.05) is 0 Å². The molecule has 1 spiro atoms. The van der Waals surface area contributed by atoms with Crippen molar-refractivity contribution in [3.63, 3.8) is 0 Å². The van der Waals surface area contributed by atoms with Crippen LogP contribution in [0, 0.1) is 5.41 Å². The summed E-state index contributed by atoms with van der Waals surface area (Å²) >= 11 is 0. The van der Waals surface area contributed by atoms with Crippen LogP contribution in [0.3, 0.4) is 0 Å². The van der Waals surface area contributed by atoms with Crippen molar-refractivity contribution in [2.24, 2.45) is 5.41 Å². The summed E-state index contributed by atoms with van der Waals surface area (Å²) in [6, 6.07) is 0. The SMILES string of the molecule is CN1CC2(COC(NS(C)(=O)=O)C2)C1. The van der Waals surface area contributed by atoms with Crippen molar-refractivity contribution >= 4 is 10.0 Å². The largest absolute Gasteiger partial charge is 0.362 e. The number of hydrogen-bond donors (Lipinski definition) is 1. The maximum absolute atomic E-state index is 11.0. The molecule has 5 nitrogen and oxygen atoms in total. The zero-order chi connectivity index (χ0) is 10.4. The van der Waals surface area contributed by atoms with E-state index in [2.05, 4.69) is 16.7 Å². The Labute approximate surface area is 84.5 Å². The van der Waals surface area contributed by atoms with Crippen molar-refractivity contribution < 1.29 is 13.2 Å².